The first-order chi connectivity index (χ1) is 11.2. The van der Waals surface area contributed by atoms with Crippen molar-refractivity contribution in [3.8, 4) is 5.75 Å². The van der Waals surface area contributed by atoms with E-state index in [-0.39, 0.29) is 18.5 Å². The molecule has 0 unspecified atom stereocenters. The van der Waals surface area contributed by atoms with E-state index in [9.17, 15) is 4.79 Å². The highest BCUT2D eigenvalue weighted by atomic mass is 16.5. The zero-order valence-corrected chi connectivity index (χ0v) is 13.0. The molecular formula is C16H20N4O3. The minimum absolute atomic E-state index is 0.0802. The van der Waals surface area contributed by atoms with Gasteiger partial charge in [-0.3, -0.25) is 10.1 Å². The van der Waals surface area contributed by atoms with Gasteiger partial charge in [0, 0.05) is 20.1 Å². The highest BCUT2D eigenvalue weighted by Crippen LogP contribution is 2.23. The van der Waals surface area contributed by atoms with Gasteiger partial charge >= 0.3 is 0 Å². The monoisotopic (exact) mass is 316 g/mol. The topological polar surface area (TPSA) is 96.4 Å². The van der Waals surface area contributed by atoms with Gasteiger partial charge in [-0.15, -0.1) is 0 Å². The van der Waals surface area contributed by atoms with Crippen LogP contribution in [-0.2, 0) is 11.4 Å². The lowest BCUT2D eigenvalue weighted by Crippen LogP contribution is -2.13. The smallest absolute Gasteiger partial charge is 0.231 e. The second kappa shape index (κ2) is 8.70. The number of aliphatic hydroxyl groups is 1. The van der Waals surface area contributed by atoms with Crippen LogP contribution in [0.4, 0.5) is 11.8 Å². The Hall–Kier alpha value is -2.67. The van der Waals surface area contributed by atoms with Crippen molar-refractivity contribution in [3.63, 3.8) is 0 Å². The van der Waals surface area contributed by atoms with E-state index in [1.807, 2.05) is 30.3 Å². The molecule has 122 valence electrons. The minimum Gasteiger partial charge on any atom is -0.483 e. The zero-order valence-electron chi connectivity index (χ0n) is 13.0. The Bertz CT molecular complexity index is 634. The van der Waals surface area contributed by atoms with E-state index in [1.54, 1.807) is 0 Å². The Labute approximate surface area is 134 Å². The molecule has 1 aromatic heterocycles. The van der Waals surface area contributed by atoms with Crippen LogP contribution < -0.4 is 15.4 Å². The third-order valence-corrected chi connectivity index (χ3v) is 2.91. The molecule has 1 heterocycles. The lowest BCUT2D eigenvalue weighted by molar-refractivity contribution is -0.114. The zero-order chi connectivity index (χ0) is 16.5. The number of carbonyl (C=O) groups is 1. The molecule has 0 spiro atoms. The number of aromatic nitrogens is 2. The number of aliphatic hydroxyl groups excluding tert-OH is 1. The molecule has 0 aliphatic heterocycles. The van der Waals surface area contributed by atoms with Gasteiger partial charge in [-0.1, -0.05) is 30.3 Å². The number of benzene rings is 1. The molecule has 7 nitrogen and oxygen atoms in total. The second-order valence-corrected chi connectivity index (χ2v) is 4.87. The van der Waals surface area contributed by atoms with E-state index in [1.165, 1.54) is 13.1 Å². The summed E-state index contributed by atoms with van der Waals surface area (Å²) in [5, 5.41) is 14.5. The van der Waals surface area contributed by atoms with E-state index < -0.39 is 0 Å². The first kappa shape index (κ1) is 16.7. The van der Waals surface area contributed by atoms with E-state index in [4.69, 9.17) is 9.84 Å². The lowest BCUT2D eigenvalue weighted by atomic mass is 10.2. The number of amides is 1. The molecule has 0 saturated heterocycles. The van der Waals surface area contributed by atoms with Crippen LogP contribution in [0.1, 0.15) is 18.9 Å². The molecule has 2 aromatic rings. The van der Waals surface area contributed by atoms with Crippen molar-refractivity contribution < 1.29 is 14.6 Å². The number of rotatable bonds is 8. The standard InChI is InChI=1S/C16H20N4O3/c1-12(22)19-16-18-10-14(15(20-16)17-8-5-9-21)23-11-13-6-3-2-4-7-13/h2-4,6-7,10,21H,5,8-9,11H2,1H3,(H2,17,18,19,20,22). The van der Waals surface area contributed by atoms with E-state index >= 15 is 0 Å². The third kappa shape index (κ3) is 5.55. The number of anilines is 2. The normalized spacial score (nSPS) is 10.2. The van der Waals surface area contributed by atoms with Crippen molar-refractivity contribution in [2.75, 3.05) is 23.8 Å². The van der Waals surface area contributed by atoms with Crippen LogP contribution in [-0.4, -0.2) is 34.1 Å². The summed E-state index contributed by atoms with van der Waals surface area (Å²) >= 11 is 0. The Morgan fingerprint density at radius 2 is 2.09 bits per heavy atom. The fraction of sp³-hybridized carbons (Fsp3) is 0.312. The Morgan fingerprint density at radius 3 is 2.78 bits per heavy atom. The van der Waals surface area contributed by atoms with Crippen molar-refractivity contribution in [1.82, 2.24) is 9.97 Å². The molecule has 0 atom stereocenters. The Kier molecular flexibility index (Phi) is 6.31. The van der Waals surface area contributed by atoms with Gasteiger partial charge in [-0.05, 0) is 12.0 Å². The first-order valence-corrected chi connectivity index (χ1v) is 7.35. The van der Waals surface area contributed by atoms with Gasteiger partial charge in [0.2, 0.25) is 11.9 Å². The van der Waals surface area contributed by atoms with E-state index in [0.29, 0.717) is 31.1 Å². The largest absolute Gasteiger partial charge is 0.483 e. The second-order valence-electron chi connectivity index (χ2n) is 4.87. The molecule has 0 radical (unpaired) electrons. The quantitative estimate of drug-likeness (QED) is 0.643. The van der Waals surface area contributed by atoms with Crippen LogP contribution in [0.25, 0.3) is 0 Å². The molecule has 1 amide bonds. The van der Waals surface area contributed by atoms with Gasteiger partial charge in [0.05, 0.1) is 6.20 Å². The van der Waals surface area contributed by atoms with Gasteiger partial charge in [-0.2, -0.15) is 4.98 Å². The highest BCUT2D eigenvalue weighted by Gasteiger charge is 2.09. The number of nitrogens with zero attached hydrogens (tertiary/aromatic N) is 2. The van der Waals surface area contributed by atoms with Crippen LogP contribution in [0, 0.1) is 0 Å². The van der Waals surface area contributed by atoms with Crippen molar-refractivity contribution in [1.29, 1.82) is 0 Å². The number of hydrogen-bond donors (Lipinski definition) is 3. The summed E-state index contributed by atoms with van der Waals surface area (Å²) in [6.45, 7) is 2.39. The predicted octanol–water partition coefficient (Wildman–Crippen LogP) is 1.81. The average Bonchev–Trinajstić information content (AvgIpc) is 2.55. The fourth-order valence-corrected chi connectivity index (χ4v) is 1.84. The molecule has 7 heteroatoms. The van der Waals surface area contributed by atoms with E-state index in [0.717, 1.165) is 5.56 Å². The summed E-state index contributed by atoms with van der Waals surface area (Å²) in [6.07, 6.45) is 2.10. The maximum atomic E-state index is 11.1. The van der Waals surface area contributed by atoms with Crippen LogP contribution in [0.2, 0.25) is 0 Å². The molecule has 0 saturated carbocycles. The van der Waals surface area contributed by atoms with Gasteiger partial charge in [-0.25, -0.2) is 4.98 Å². The summed E-state index contributed by atoms with van der Waals surface area (Å²) < 4.78 is 5.75. The molecule has 0 bridgehead atoms. The van der Waals surface area contributed by atoms with Crippen molar-refractivity contribution in [2.24, 2.45) is 0 Å². The van der Waals surface area contributed by atoms with Gasteiger partial charge in [0.25, 0.3) is 0 Å². The van der Waals surface area contributed by atoms with Crippen molar-refractivity contribution >= 4 is 17.7 Å². The summed E-state index contributed by atoms with van der Waals surface area (Å²) in [5.74, 6) is 0.925. The molecule has 23 heavy (non-hydrogen) atoms. The maximum absolute atomic E-state index is 11.1. The van der Waals surface area contributed by atoms with E-state index in [2.05, 4.69) is 20.6 Å². The molecular weight excluding hydrogens is 296 g/mol. The number of carbonyl (C=O) groups excluding carboxylic acids is 1. The molecule has 1 aromatic carbocycles. The van der Waals surface area contributed by atoms with Gasteiger partial charge in [0.15, 0.2) is 11.6 Å². The first-order valence-electron chi connectivity index (χ1n) is 7.35. The molecule has 3 N–H and O–H groups in total. The minimum atomic E-state index is -0.246. The number of ether oxygens (including phenoxy) is 1. The van der Waals surface area contributed by atoms with Crippen LogP contribution in [0.15, 0.2) is 36.5 Å². The average molecular weight is 316 g/mol. The maximum Gasteiger partial charge on any atom is 0.231 e. The van der Waals surface area contributed by atoms with Gasteiger partial charge in [0.1, 0.15) is 6.61 Å². The van der Waals surface area contributed by atoms with Crippen LogP contribution in [0.3, 0.4) is 0 Å². The molecule has 0 aliphatic carbocycles. The summed E-state index contributed by atoms with van der Waals surface area (Å²) in [7, 11) is 0. The van der Waals surface area contributed by atoms with Gasteiger partial charge < -0.3 is 15.2 Å². The molecule has 0 aliphatic rings. The highest BCUT2D eigenvalue weighted by molar-refractivity contribution is 5.86. The third-order valence-electron chi connectivity index (χ3n) is 2.91. The predicted molar refractivity (Wildman–Crippen MR) is 87.3 cm³/mol. The van der Waals surface area contributed by atoms with Crippen LogP contribution in [0.5, 0.6) is 5.75 Å². The number of nitrogens with one attached hydrogen (secondary N) is 2. The Morgan fingerprint density at radius 1 is 1.30 bits per heavy atom. The van der Waals surface area contributed by atoms with Crippen molar-refractivity contribution in [3.05, 3.63) is 42.1 Å². The van der Waals surface area contributed by atoms with Crippen molar-refractivity contribution in [2.45, 2.75) is 20.0 Å². The number of hydrogen-bond acceptors (Lipinski definition) is 6. The van der Waals surface area contributed by atoms with Crippen LogP contribution >= 0.6 is 0 Å². The summed E-state index contributed by atoms with van der Waals surface area (Å²) in [4.78, 5) is 19.4. The fourth-order valence-electron chi connectivity index (χ4n) is 1.84. The SMILES string of the molecule is CC(=O)Nc1ncc(OCc2ccccc2)c(NCCCO)n1. The lowest BCUT2D eigenvalue weighted by Gasteiger charge is -2.13. The summed E-state index contributed by atoms with van der Waals surface area (Å²) in [5.41, 5.74) is 1.03. The Balaban J connectivity index is 2.10. The molecule has 2 rings (SSSR count). The summed E-state index contributed by atoms with van der Waals surface area (Å²) in [6, 6.07) is 9.75. The molecule has 0 fully saturated rings.